The van der Waals surface area contributed by atoms with Crippen LogP contribution in [0.5, 0.6) is 0 Å². The number of halogens is 2. The summed E-state index contributed by atoms with van der Waals surface area (Å²) in [4.78, 5) is 4.24. The van der Waals surface area contributed by atoms with Crippen LogP contribution in [0.1, 0.15) is 18.0 Å². The molecule has 0 fully saturated rings. The third kappa shape index (κ3) is 2.15. The normalized spacial score (nSPS) is 12.9. The van der Waals surface area contributed by atoms with Gasteiger partial charge in [-0.3, -0.25) is 4.39 Å². The van der Waals surface area contributed by atoms with Crippen LogP contribution < -0.4 is 5.73 Å². The van der Waals surface area contributed by atoms with E-state index in [1.807, 2.05) is 30.3 Å². The molecule has 4 heteroatoms. The Hall–Kier alpha value is -1.19. The molecule has 0 aliphatic rings. The van der Waals surface area contributed by atoms with E-state index in [4.69, 9.17) is 17.3 Å². The summed E-state index contributed by atoms with van der Waals surface area (Å²) < 4.78 is 12.2. The number of pyridine rings is 1. The molecular weight excluding hydrogens is 227 g/mol. The van der Waals surface area contributed by atoms with Gasteiger partial charge in [0.05, 0.1) is 12.2 Å². The maximum Gasteiger partial charge on any atom is 0.134 e. The fourth-order valence-corrected chi connectivity index (χ4v) is 1.93. The predicted molar refractivity (Wildman–Crippen MR) is 64.3 cm³/mol. The summed E-state index contributed by atoms with van der Waals surface area (Å²) in [6.07, 6.45) is 0.264. The Morgan fingerprint density at radius 1 is 1.38 bits per heavy atom. The van der Waals surface area contributed by atoms with Crippen molar-refractivity contribution in [1.29, 1.82) is 0 Å². The first-order valence-corrected chi connectivity index (χ1v) is 5.47. The molecule has 0 aliphatic heterocycles. The van der Waals surface area contributed by atoms with E-state index in [9.17, 15) is 4.39 Å². The molecule has 1 atom stereocenters. The first-order chi connectivity index (χ1) is 7.72. The van der Waals surface area contributed by atoms with Crippen LogP contribution in [0.2, 0.25) is 5.15 Å². The van der Waals surface area contributed by atoms with Gasteiger partial charge in [0.25, 0.3) is 0 Å². The lowest BCUT2D eigenvalue weighted by Gasteiger charge is -2.12. The molecule has 1 aromatic carbocycles. The van der Waals surface area contributed by atoms with Crippen molar-refractivity contribution < 1.29 is 4.39 Å². The van der Waals surface area contributed by atoms with E-state index in [-0.39, 0.29) is 6.42 Å². The summed E-state index contributed by atoms with van der Waals surface area (Å²) in [6, 6.07) is 9.12. The molecular formula is C12H12ClFN2. The number of alkyl halides is 1. The van der Waals surface area contributed by atoms with E-state index in [1.165, 1.54) is 0 Å². The summed E-state index contributed by atoms with van der Waals surface area (Å²) in [6.45, 7) is -0.454. The standard InChI is InChI=1S/C12H12ClFN2/c13-12-9(10(15)5-6-14)7-8-3-1-2-4-11(8)16-12/h1-4,7,10H,5-6,15H2/t10-/m0/s1. The molecule has 2 aromatic rings. The van der Waals surface area contributed by atoms with Crippen molar-refractivity contribution in [3.8, 4) is 0 Å². The topological polar surface area (TPSA) is 38.9 Å². The van der Waals surface area contributed by atoms with E-state index in [0.717, 1.165) is 10.9 Å². The number of benzene rings is 1. The van der Waals surface area contributed by atoms with Crippen LogP contribution >= 0.6 is 11.6 Å². The molecule has 84 valence electrons. The number of nitrogens with two attached hydrogens (primary N) is 1. The van der Waals surface area contributed by atoms with E-state index in [1.54, 1.807) is 0 Å². The summed E-state index contributed by atoms with van der Waals surface area (Å²) in [5.74, 6) is 0. The zero-order valence-electron chi connectivity index (χ0n) is 8.66. The van der Waals surface area contributed by atoms with E-state index in [0.29, 0.717) is 10.7 Å². The lowest BCUT2D eigenvalue weighted by atomic mass is 10.1. The highest BCUT2D eigenvalue weighted by atomic mass is 35.5. The smallest absolute Gasteiger partial charge is 0.134 e. The molecule has 0 saturated carbocycles. The summed E-state index contributed by atoms with van der Waals surface area (Å²) >= 11 is 6.02. The highest BCUT2D eigenvalue weighted by Crippen LogP contribution is 2.26. The van der Waals surface area contributed by atoms with Crippen molar-refractivity contribution in [2.24, 2.45) is 5.73 Å². The van der Waals surface area contributed by atoms with Gasteiger partial charge in [0.15, 0.2) is 0 Å². The predicted octanol–water partition coefficient (Wildman–Crippen LogP) is 3.25. The molecule has 0 spiro atoms. The fraction of sp³-hybridized carbons (Fsp3) is 0.250. The van der Waals surface area contributed by atoms with Crippen molar-refractivity contribution >= 4 is 22.5 Å². The Morgan fingerprint density at radius 3 is 2.88 bits per heavy atom. The van der Waals surface area contributed by atoms with Crippen molar-refractivity contribution in [1.82, 2.24) is 4.98 Å². The zero-order valence-corrected chi connectivity index (χ0v) is 9.41. The lowest BCUT2D eigenvalue weighted by molar-refractivity contribution is 0.442. The lowest BCUT2D eigenvalue weighted by Crippen LogP contribution is -2.12. The largest absolute Gasteiger partial charge is 0.324 e. The third-order valence-electron chi connectivity index (χ3n) is 2.52. The summed E-state index contributed by atoms with van der Waals surface area (Å²) in [7, 11) is 0. The number of aromatic nitrogens is 1. The first-order valence-electron chi connectivity index (χ1n) is 5.09. The first kappa shape index (κ1) is 11.3. The van der Waals surface area contributed by atoms with Gasteiger partial charge in [-0.2, -0.15) is 0 Å². The van der Waals surface area contributed by atoms with Crippen molar-refractivity contribution in [2.75, 3.05) is 6.67 Å². The maximum absolute atomic E-state index is 12.2. The minimum absolute atomic E-state index is 0.264. The Balaban J connectivity index is 2.49. The van der Waals surface area contributed by atoms with Crippen LogP contribution in [0.15, 0.2) is 30.3 Å². The summed E-state index contributed by atoms with van der Waals surface area (Å²) in [5, 5.41) is 1.33. The number of hydrogen-bond acceptors (Lipinski definition) is 2. The highest BCUT2D eigenvalue weighted by Gasteiger charge is 2.12. The number of hydrogen-bond donors (Lipinski definition) is 1. The molecule has 2 nitrogen and oxygen atoms in total. The van der Waals surface area contributed by atoms with E-state index >= 15 is 0 Å². The van der Waals surface area contributed by atoms with Gasteiger partial charge < -0.3 is 5.73 Å². The maximum atomic E-state index is 12.2. The minimum atomic E-state index is -0.454. The molecule has 2 N–H and O–H groups in total. The van der Waals surface area contributed by atoms with E-state index in [2.05, 4.69) is 4.98 Å². The average Bonchev–Trinajstić information content (AvgIpc) is 2.28. The van der Waals surface area contributed by atoms with Gasteiger partial charge in [-0.25, -0.2) is 4.98 Å². The van der Waals surface area contributed by atoms with Gasteiger partial charge in [0.1, 0.15) is 5.15 Å². The van der Waals surface area contributed by atoms with Gasteiger partial charge in [-0.15, -0.1) is 0 Å². The van der Waals surface area contributed by atoms with Crippen LogP contribution in [0.3, 0.4) is 0 Å². The Morgan fingerprint density at radius 2 is 2.12 bits per heavy atom. The number of nitrogens with zero attached hydrogens (tertiary/aromatic N) is 1. The van der Waals surface area contributed by atoms with Crippen LogP contribution in [-0.4, -0.2) is 11.7 Å². The number of para-hydroxylation sites is 1. The third-order valence-corrected chi connectivity index (χ3v) is 2.83. The molecule has 0 aliphatic carbocycles. The second-order valence-electron chi connectivity index (χ2n) is 3.65. The van der Waals surface area contributed by atoms with Crippen molar-refractivity contribution in [3.63, 3.8) is 0 Å². The molecule has 0 saturated heterocycles. The van der Waals surface area contributed by atoms with Crippen LogP contribution in [0, 0.1) is 0 Å². The molecule has 1 heterocycles. The molecule has 0 bridgehead atoms. The van der Waals surface area contributed by atoms with E-state index < -0.39 is 12.7 Å². The Bertz CT molecular complexity index is 501. The second-order valence-corrected chi connectivity index (χ2v) is 4.00. The number of rotatable bonds is 3. The molecule has 16 heavy (non-hydrogen) atoms. The summed E-state index contributed by atoms with van der Waals surface area (Å²) in [5.41, 5.74) is 7.36. The zero-order chi connectivity index (χ0) is 11.5. The van der Waals surface area contributed by atoms with Gasteiger partial charge in [-0.1, -0.05) is 29.8 Å². The average molecular weight is 239 g/mol. The molecule has 0 radical (unpaired) electrons. The minimum Gasteiger partial charge on any atom is -0.324 e. The molecule has 1 aromatic heterocycles. The second kappa shape index (κ2) is 4.76. The van der Waals surface area contributed by atoms with Gasteiger partial charge in [0, 0.05) is 17.0 Å². The van der Waals surface area contributed by atoms with Crippen molar-refractivity contribution in [3.05, 3.63) is 41.0 Å². The molecule has 2 rings (SSSR count). The van der Waals surface area contributed by atoms with Crippen LogP contribution in [0.25, 0.3) is 10.9 Å². The number of fused-ring (bicyclic) bond motifs is 1. The molecule has 0 amide bonds. The molecule has 0 unspecified atom stereocenters. The van der Waals surface area contributed by atoms with Crippen LogP contribution in [-0.2, 0) is 0 Å². The monoisotopic (exact) mass is 238 g/mol. The van der Waals surface area contributed by atoms with Gasteiger partial charge in [-0.05, 0) is 18.6 Å². The quantitative estimate of drug-likeness (QED) is 0.834. The Kier molecular flexibility index (Phi) is 3.36. The Labute approximate surface area is 98.2 Å². The van der Waals surface area contributed by atoms with Gasteiger partial charge in [0.2, 0.25) is 0 Å². The van der Waals surface area contributed by atoms with Gasteiger partial charge >= 0.3 is 0 Å². The van der Waals surface area contributed by atoms with Crippen LogP contribution in [0.4, 0.5) is 4.39 Å². The SMILES string of the molecule is N[C@@H](CCF)c1cc2ccccc2nc1Cl. The fourth-order valence-electron chi connectivity index (χ4n) is 1.64. The van der Waals surface area contributed by atoms with Crippen molar-refractivity contribution in [2.45, 2.75) is 12.5 Å². The highest BCUT2D eigenvalue weighted by molar-refractivity contribution is 6.30.